The number of fused-ring (bicyclic) bond motifs is 2. The topological polar surface area (TPSA) is 311 Å². The van der Waals surface area contributed by atoms with Gasteiger partial charge in [-0.15, -0.1) is 0 Å². The second kappa shape index (κ2) is 29.8. The molecular weight excluding hydrogens is 897 g/mol. The summed E-state index contributed by atoms with van der Waals surface area (Å²) in [5.74, 6) is -4.92. The van der Waals surface area contributed by atoms with Gasteiger partial charge in [-0.05, 0) is 39.0 Å². The zero-order valence-electron chi connectivity index (χ0n) is 40.0. The molecule has 1 amide bonds. The van der Waals surface area contributed by atoms with Gasteiger partial charge in [0.2, 0.25) is 5.91 Å². The standard InChI is InChI=1S/C51H80N2O16/c1-32-18-14-11-9-7-5-3-4-6-8-10-12-17-21-38(68-50-48(63)47(52)43(61)31-66-50)28-44-46(49(64)53-34-19-15-13-16-20-34)42(60)30-51(65,69-44)29-37(56)26-41(59)39(57)23-22-35(54)25-36(55)27-45(62)67-33(2)24-40(32)58/h3-12,14,17-18,21,32-44,46-48,50,54-61,63,65H,13,15-16,19-20,22-31,52H2,1-2H3,(H,53,64)/b4-3+,7-5+,8-6+,11-9+,12-10+,18-14+,21-17+/t32-,33-,35?,36?,37?,38?,39?,40-,41?,42-,43+,44-,46?,47-,48-,50-,51?/m0/s1. The van der Waals surface area contributed by atoms with E-state index >= 15 is 0 Å². The molecule has 3 fully saturated rings. The number of cyclic esters (lactones) is 1. The van der Waals surface area contributed by atoms with Crippen molar-refractivity contribution in [3.05, 3.63) is 85.1 Å². The molecular formula is C51H80N2O16. The molecule has 2 bridgehead atoms. The Kier molecular flexibility index (Phi) is 25.1. The summed E-state index contributed by atoms with van der Waals surface area (Å²) in [5, 5.41) is 112. The number of aliphatic hydroxyl groups excluding tert-OH is 9. The highest BCUT2D eigenvalue weighted by Crippen LogP contribution is 2.38. The third-order valence-electron chi connectivity index (χ3n) is 13.0. The van der Waals surface area contributed by atoms with Crippen molar-refractivity contribution >= 4 is 11.9 Å². The number of nitrogens with one attached hydrogen (secondary N) is 1. The van der Waals surface area contributed by atoms with Gasteiger partial charge in [-0.3, -0.25) is 9.59 Å². The van der Waals surface area contributed by atoms with Crippen LogP contribution in [0.15, 0.2) is 85.1 Å². The summed E-state index contributed by atoms with van der Waals surface area (Å²) in [6.07, 6.45) is 10.9. The van der Waals surface area contributed by atoms with E-state index in [0.717, 1.165) is 32.1 Å². The highest BCUT2D eigenvalue weighted by Gasteiger charge is 2.51. The first-order valence-electron chi connectivity index (χ1n) is 24.6. The Labute approximate surface area is 406 Å². The van der Waals surface area contributed by atoms with Crippen molar-refractivity contribution in [2.75, 3.05) is 6.61 Å². The van der Waals surface area contributed by atoms with E-state index < -0.39 is 135 Å². The second-order valence-electron chi connectivity index (χ2n) is 19.2. The predicted octanol–water partition coefficient (Wildman–Crippen LogP) is 1.44. The zero-order valence-corrected chi connectivity index (χ0v) is 40.0. The molecule has 0 aromatic rings. The molecule has 1 saturated carbocycles. The molecule has 69 heavy (non-hydrogen) atoms. The van der Waals surface area contributed by atoms with Crippen LogP contribution < -0.4 is 11.1 Å². The van der Waals surface area contributed by atoms with Crippen molar-refractivity contribution in [3.63, 3.8) is 0 Å². The van der Waals surface area contributed by atoms with Gasteiger partial charge in [-0.2, -0.15) is 0 Å². The van der Waals surface area contributed by atoms with Gasteiger partial charge in [0.1, 0.15) is 12.2 Å². The fourth-order valence-corrected chi connectivity index (χ4v) is 9.05. The fraction of sp³-hybridized carbons (Fsp3) is 0.686. The van der Waals surface area contributed by atoms with Crippen LogP contribution in [0.25, 0.3) is 0 Å². The lowest BCUT2D eigenvalue weighted by atomic mass is 9.81. The number of carbonyl (C=O) groups excluding carboxylic acids is 2. The lowest BCUT2D eigenvalue weighted by Gasteiger charge is -2.46. The molecule has 4 rings (SSSR count). The largest absolute Gasteiger partial charge is 0.462 e. The number of hydrogen-bond donors (Lipinski definition) is 12. The predicted molar refractivity (Wildman–Crippen MR) is 255 cm³/mol. The van der Waals surface area contributed by atoms with Gasteiger partial charge in [-0.1, -0.05) is 111 Å². The quantitative estimate of drug-likeness (QED) is 0.177. The molecule has 2 saturated heterocycles. The molecule has 4 aliphatic rings. The van der Waals surface area contributed by atoms with Crippen LogP contribution in [0.5, 0.6) is 0 Å². The van der Waals surface area contributed by atoms with Gasteiger partial charge in [-0.25, -0.2) is 0 Å². The van der Waals surface area contributed by atoms with E-state index in [-0.39, 0.29) is 50.7 Å². The van der Waals surface area contributed by atoms with Gasteiger partial charge in [0, 0.05) is 44.1 Å². The molecule has 17 atom stereocenters. The molecule has 8 unspecified atom stereocenters. The first-order chi connectivity index (χ1) is 32.8. The third-order valence-corrected chi connectivity index (χ3v) is 13.0. The van der Waals surface area contributed by atoms with Crippen LogP contribution >= 0.6 is 0 Å². The summed E-state index contributed by atoms with van der Waals surface area (Å²) >= 11 is 0. The van der Waals surface area contributed by atoms with Crippen LogP contribution in [0.4, 0.5) is 0 Å². The maximum absolute atomic E-state index is 14.0. The summed E-state index contributed by atoms with van der Waals surface area (Å²) in [6, 6.07) is -1.22. The molecule has 0 aromatic heterocycles. The molecule has 1 aliphatic carbocycles. The summed E-state index contributed by atoms with van der Waals surface area (Å²) in [4.78, 5) is 26.6. The molecule has 3 heterocycles. The summed E-state index contributed by atoms with van der Waals surface area (Å²) in [7, 11) is 0. The highest BCUT2D eigenvalue weighted by atomic mass is 16.7. The lowest BCUT2D eigenvalue weighted by molar-refractivity contribution is -0.304. The first kappa shape index (κ1) is 58.1. The van der Waals surface area contributed by atoms with Crippen molar-refractivity contribution in [1.29, 1.82) is 0 Å². The number of aliphatic hydroxyl groups is 10. The van der Waals surface area contributed by atoms with Gasteiger partial charge in [0.15, 0.2) is 12.1 Å². The van der Waals surface area contributed by atoms with Gasteiger partial charge >= 0.3 is 5.97 Å². The Balaban J connectivity index is 1.58. The van der Waals surface area contributed by atoms with Crippen molar-refractivity contribution in [1.82, 2.24) is 5.32 Å². The van der Waals surface area contributed by atoms with Crippen molar-refractivity contribution < 1.29 is 79.6 Å². The van der Waals surface area contributed by atoms with E-state index in [2.05, 4.69) is 5.32 Å². The normalized spacial score (nSPS) is 42.9. The highest BCUT2D eigenvalue weighted by molar-refractivity contribution is 5.80. The first-order valence-corrected chi connectivity index (χ1v) is 24.6. The summed E-state index contributed by atoms with van der Waals surface area (Å²) in [6.45, 7) is 3.24. The van der Waals surface area contributed by atoms with E-state index in [0.29, 0.717) is 0 Å². The molecule has 18 heteroatoms. The molecule has 3 aliphatic heterocycles. The number of rotatable bonds is 4. The minimum absolute atomic E-state index is 0.0815. The summed E-state index contributed by atoms with van der Waals surface area (Å²) < 4.78 is 23.5. The zero-order chi connectivity index (χ0) is 50.5. The molecule has 390 valence electrons. The minimum atomic E-state index is -2.24. The van der Waals surface area contributed by atoms with Gasteiger partial charge < -0.3 is 81.1 Å². The Morgan fingerprint density at radius 2 is 1.28 bits per heavy atom. The Hall–Kier alpha value is -3.44. The van der Waals surface area contributed by atoms with Gasteiger partial charge in [0.05, 0.1) is 86.0 Å². The van der Waals surface area contributed by atoms with Crippen LogP contribution in [0.3, 0.4) is 0 Å². The third kappa shape index (κ3) is 20.7. The summed E-state index contributed by atoms with van der Waals surface area (Å²) in [5.41, 5.74) is 6.04. The number of nitrogens with two attached hydrogens (primary N) is 1. The smallest absolute Gasteiger partial charge is 0.308 e. The maximum Gasteiger partial charge on any atom is 0.308 e. The van der Waals surface area contributed by atoms with Crippen LogP contribution in [0.1, 0.15) is 104 Å². The second-order valence-corrected chi connectivity index (χ2v) is 19.2. The van der Waals surface area contributed by atoms with Crippen molar-refractivity contribution in [3.8, 4) is 0 Å². The lowest BCUT2D eigenvalue weighted by Crippen LogP contribution is -2.60. The van der Waals surface area contributed by atoms with Crippen molar-refractivity contribution in [2.45, 2.75) is 201 Å². The van der Waals surface area contributed by atoms with Crippen LogP contribution in [0.2, 0.25) is 0 Å². The van der Waals surface area contributed by atoms with E-state index in [9.17, 15) is 60.7 Å². The average Bonchev–Trinajstić information content (AvgIpc) is 3.27. The molecule has 0 spiro atoms. The van der Waals surface area contributed by atoms with Gasteiger partial charge in [0.25, 0.3) is 0 Å². The number of hydrogen-bond acceptors (Lipinski definition) is 17. The van der Waals surface area contributed by atoms with Crippen molar-refractivity contribution in [2.24, 2.45) is 17.6 Å². The average molecular weight is 977 g/mol. The molecule has 0 aromatic carbocycles. The molecule has 0 radical (unpaired) electrons. The van der Waals surface area contributed by atoms with Crippen LogP contribution in [-0.4, -0.2) is 167 Å². The Bertz CT molecular complexity index is 1750. The monoisotopic (exact) mass is 977 g/mol. The van der Waals surface area contributed by atoms with E-state index in [1.54, 1.807) is 49.5 Å². The molecule has 18 nitrogen and oxygen atoms in total. The van der Waals surface area contributed by atoms with Crippen LogP contribution in [-0.2, 0) is 28.5 Å². The number of allylic oxidation sites excluding steroid dienone is 12. The minimum Gasteiger partial charge on any atom is -0.462 e. The number of carbonyl (C=O) groups is 2. The SMILES string of the molecule is C[C@H]1C[C@H](O)[C@@H](C)/C=C/C=C/C=C/C=C/C=C/C=C/C=C/C(O[C@@H]2OC[C@@H](O)[C@H](N)[C@@H]2O)C[C@@H]2OC(O)(CC(O)CC(O)C(O)CCC(O)CC(O)CC(=O)O1)C[C@H](O)C2C(=O)NC1CCCCC1. The maximum atomic E-state index is 14.0. The number of esters is 1. The van der Waals surface area contributed by atoms with E-state index in [4.69, 9.17) is 24.7 Å². The number of ether oxygens (including phenoxy) is 4. The van der Waals surface area contributed by atoms with Crippen LogP contribution in [0, 0.1) is 11.8 Å². The van der Waals surface area contributed by atoms with E-state index in [1.165, 1.54) is 0 Å². The fourth-order valence-electron chi connectivity index (χ4n) is 9.05. The number of amides is 1. The Morgan fingerprint density at radius 1 is 0.667 bits per heavy atom. The molecule has 13 N–H and O–H groups in total. The Morgan fingerprint density at radius 3 is 1.91 bits per heavy atom. The van der Waals surface area contributed by atoms with E-state index in [1.807, 2.05) is 49.5 Å².